The Bertz CT molecular complexity index is 715. The number of benzene rings is 1. The highest BCUT2D eigenvalue weighted by Crippen LogP contribution is 2.36. The molecule has 22 heavy (non-hydrogen) atoms. The van der Waals surface area contributed by atoms with Crippen LogP contribution >= 0.6 is 34.8 Å². The summed E-state index contributed by atoms with van der Waals surface area (Å²) in [5, 5.41) is 0.910. The Hall–Kier alpha value is -1.49. The third kappa shape index (κ3) is 3.64. The van der Waals surface area contributed by atoms with Crippen molar-refractivity contribution in [2.24, 2.45) is 12.0 Å². The third-order valence-electron chi connectivity index (χ3n) is 2.86. The van der Waals surface area contributed by atoms with Crippen molar-refractivity contribution in [3.05, 3.63) is 51.2 Å². The average molecular weight is 360 g/mol. The summed E-state index contributed by atoms with van der Waals surface area (Å²) in [5.74, 6) is -0.550. The van der Waals surface area contributed by atoms with Crippen LogP contribution in [0.3, 0.4) is 0 Å². The standard InChI is InChI=1S/C15H13Cl3N2O2/c1-3-22-15(21)14(12-5-4-6-20(12)2)19-13-10(17)7-9(16)8-11(13)18/h4-8H,3H2,1-2H3/b19-14-. The monoisotopic (exact) mass is 358 g/mol. The molecule has 0 spiro atoms. The number of hydrogen-bond acceptors (Lipinski definition) is 3. The molecule has 0 atom stereocenters. The Morgan fingerprint density at radius 3 is 2.41 bits per heavy atom. The van der Waals surface area contributed by atoms with Gasteiger partial charge >= 0.3 is 5.97 Å². The number of aromatic nitrogens is 1. The number of aryl methyl sites for hydroxylation is 1. The van der Waals surface area contributed by atoms with Crippen LogP contribution in [0.2, 0.25) is 15.1 Å². The van der Waals surface area contributed by atoms with Gasteiger partial charge in [-0.15, -0.1) is 0 Å². The average Bonchev–Trinajstić information content (AvgIpc) is 2.84. The number of carbonyl (C=O) groups excluding carboxylic acids is 1. The quantitative estimate of drug-likeness (QED) is 0.588. The van der Waals surface area contributed by atoms with Gasteiger partial charge in [-0.3, -0.25) is 0 Å². The fourth-order valence-corrected chi connectivity index (χ4v) is 2.77. The molecule has 0 N–H and O–H groups in total. The second kappa shape index (κ2) is 7.18. The molecule has 1 heterocycles. The summed E-state index contributed by atoms with van der Waals surface area (Å²) in [6.07, 6.45) is 1.80. The lowest BCUT2D eigenvalue weighted by Gasteiger charge is -2.09. The van der Waals surface area contributed by atoms with Crippen LogP contribution < -0.4 is 0 Å². The summed E-state index contributed by atoms with van der Waals surface area (Å²) in [6.45, 7) is 1.97. The minimum atomic E-state index is -0.550. The van der Waals surface area contributed by atoms with Gasteiger partial charge in [0.15, 0.2) is 5.71 Å². The lowest BCUT2D eigenvalue weighted by molar-refractivity contribution is -0.134. The molecule has 1 aromatic heterocycles. The van der Waals surface area contributed by atoms with Crippen LogP contribution in [-0.2, 0) is 16.6 Å². The summed E-state index contributed by atoms with van der Waals surface area (Å²) in [7, 11) is 1.80. The van der Waals surface area contributed by atoms with E-state index in [1.54, 1.807) is 36.9 Å². The molecule has 2 rings (SSSR count). The molecular weight excluding hydrogens is 347 g/mol. The first-order valence-electron chi connectivity index (χ1n) is 6.46. The molecule has 0 saturated heterocycles. The van der Waals surface area contributed by atoms with Crippen molar-refractivity contribution in [2.45, 2.75) is 6.92 Å². The van der Waals surface area contributed by atoms with E-state index in [1.165, 1.54) is 12.1 Å². The minimum absolute atomic E-state index is 0.125. The fraction of sp³-hybridized carbons (Fsp3) is 0.200. The maximum Gasteiger partial charge on any atom is 0.359 e. The molecule has 0 unspecified atom stereocenters. The second-order valence-corrected chi connectivity index (χ2v) is 5.65. The summed E-state index contributed by atoms with van der Waals surface area (Å²) in [6, 6.07) is 6.59. The Kier molecular flexibility index (Phi) is 5.51. The van der Waals surface area contributed by atoms with Gasteiger partial charge in [-0.25, -0.2) is 9.79 Å². The van der Waals surface area contributed by atoms with E-state index in [2.05, 4.69) is 4.99 Å². The van der Waals surface area contributed by atoms with Crippen LogP contribution in [-0.4, -0.2) is 22.9 Å². The van der Waals surface area contributed by atoms with Crippen LogP contribution in [0.15, 0.2) is 35.5 Å². The molecule has 7 heteroatoms. The van der Waals surface area contributed by atoms with E-state index in [0.29, 0.717) is 10.7 Å². The normalized spacial score (nSPS) is 11.6. The summed E-state index contributed by atoms with van der Waals surface area (Å²) < 4.78 is 6.82. The van der Waals surface area contributed by atoms with E-state index in [0.717, 1.165) is 0 Å². The first-order chi connectivity index (χ1) is 10.4. The van der Waals surface area contributed by atoms with Gasteiger partial charge in [0.25, 0.3) is 0 Å². The minimum Gasteiger partial charge on any atom is -0.461 e. The summed E-state index contributed by atoms with van der Waals surface area (Å²) >= 11 is 18.1. The number of ether oxygens (including phenoxy) is 1. The molecule has 4 nitrogen and oxygen atoms in total. The lowest BCUT2D eigenvalue weighted by atomic mass is 10.2. The van der Waals surface area contributed by atoms with Crippen molar-refractivity contribution >= 4 is 52.2 Å². The molecular formula is C15H13Cl3N2O2. The predicted octanol–water partition coefficient (Wildman–Crippen LogP) is 4.67. The van der Waals surface area contributed by atoms with Gasteiger partial charge in [0.05, 0.1) is 22.3 Å². The van der Waals surface area contributed by atoms with Crippen LogP contribution in [0.4, 0.5) is 5.69 Å². The van der Waals surface area contributed by atoms with E-state index in [9.17, 15) is 4.79 Å². The maximum atomic E-state index is 12.2. The van der Waals surface area contributed by atoms with E-state index in [1.807, 2.05) is 0 Å². The van der Waals surface area contributed by atoms with Crippen molar-refractivity contribution < 1.29 is 9.53 Å². The number of rotatable bonds is 4. The Balaban J connectivity index is 2.59. The largest absolute Gasteiger partial charge is 0.461 e. The van der Waals surface area contributed by atoms with Crippen LogP contribution in [0.25, 0.3) is 0 Å². The highest BCUT2D eigenvalue weighted by molar-refractivity contribution is 6.45. The van der Waals surface area contributed by atoms with E-state index >= 15 is 0 Å². The van der Waals surface area contributed by atoms with Crippen molar-refractivity contribution in [1.82, 2.24) is 4.57 Å². The van der Waals surface area contributed by atoms with Crippen LogP contribution in [0, 0.1) is 0 Å². The Morgan fingerprint density at radius 2 is 1.91 bits per heavy atom. The maximum absolute atomic E-state index is 12.2. The Labute approximate surface area is 143 Å². The number of hydrogen-bond donors (Lipinski definition) is 0. The zero-order chi connectivity index (χ0) is 16.3. The fourth-order valence-electron chi connectivity index (χ4n) is 1.87. The molecule has 116 valence electrons. The first kappa shape index (κ1) is 16.9. The number of esters is 1. The molecule has 0 amide bonds. The van der Waals surface area contributed by atoms with Gasteiger partial charge in [0.2, 0.25) is 0 Å². The van der Waals surface area contributed by atoms with Gasteiger partial charge in [-0.1, -0.05) is 34.8 Å². The molecule has 0 aliphatic rings. The van der Waals surface area contributed by atoms with Crippen molar-refractivity contribution in [3.8, 4) is 0 Å². The summed E-state index contributed by atoms with van der Waals surface area (Å²) in [4.78, 5) is 16.5. The topological polar surface area (TPSA) is 43.6 Å². The van der Waals surface area contributed by atoms with Crippen molar-refractivity contribution in [1.29, 1.82) is 0 Å². The zero-order valence-corrected chi connectivity index (χ0v) is 14.2. The molecule has 0 aliphatic carbocycles. The van der Waals surface area contributed by atoms with Gasteiger partial charge in [0, 0.05) is 18.3 Å². The van der Waals surface area contributed by atoms with E-state index in [-0.39, 0.29) is 28.1 Å². The second-order valence-electron chi connectivity index (χ2n) is 4.40. The summed E-state index contributed by atoms with van der Waals surface area (Å²) in [5.41, 5.74) is 0.998. The smallest absolute Gasteiger partial charge is 0.359 e. The number of aliphatic imine (C=N–C) groups is 1. The molecule has 0 fully saturated rings. The van der Waals surface area contributed by atoms with Gasteiger partial charge in [-0.05, 0) is 31.2 Å². The van der Waals surface area contributed by atoms with E-state index in [4.69, 9.17) is 39.5 Å². The SMILES string of the molecule is CCOC(=O)/C(=N\c1c(Cl)cc(Cl)cc1Cl)c1cccn1C. The number of carbonyl (C=O) groups is 1. The third-order valence-corrected chi connectivity index (χ3v) is 3.65. The molecule has 2 aromatic rings. The molecule has 0 bridgehead atoms. The van der Waals surface area contributed by atoms with Crippen LogP contribution in [0.5, 0.6) is 0 Å². The van der Waals surface area contributed by atoms with E-state index < -0.39 is 5.97 Å². The van der Waals surface area contributed by atoms with Crippen molar-refractivity contribution in [3.63, 3.8) is 0 Å². The molecule has 0 saturated carbocycles. The Morgan fingerprint density at radius 1 is 1.27 bits per heavy atom. The molecule has 1 aromatic carbocycles. The first-order valence-corrected chi connectivity index (χ1v) is 7.59. The predicted molar refractivity (Wildman–Crippen MR) is 89.7 cm³/mol. The van der Waals surface area contributed by atoms with Gasteiger partial charge in [-0.2, -0.15) is 0 Å². The zero-order valence-electron chi connectivity index (χ0n) is 11.9. The highest BCUT2D eigenvalue weighted by Gasteiger charge is 2.20. The molecule has 0 radical (unpaired) electrons. The van der Waals surface area contributed by atoms with Crippen LogP contribution in [0.1, 0.15) is 12.6 Å². The highest BCUT2D eigenvalue weighted by atomic mass is 35.5. The number of halogens is 3. The molecule has 0 aliphatic heterocycles. The number of nitrogens with zero attached hydrogens (tertiary/aromatic N) is 2. The lowest BCUT2D eigenvalue weighted by Crippen LogP contribution is -2.21. The van der Waals surface area contributed by atoms with Crippen molar-refractivity contribution in [2.75, 3.05) is 6.61 Å². The van der Waals surface area contributed by atoms with Gasteiger partial charge < -0.3 is 9.30 Å². The van der Waals surface area contributed by atoms with Gasteiger partial charge in [0.1, 0.15) is 5.69 Å².